The Balaban J connectivity index is 2.27. The molecular weight excluding hydrogens is 337 g/mol. The van der Waals surface area contributed by atoms with E-state index in [1.165, 1.54) is 31.3 Å². The maximum absolute atomic E-state index is 13.1. The zero-order chi connectivity index (χ0) is 18.1. The third kappa shape index (κ3) is 4.10. The first-order valence-electron chi connectivity index (χ1n) is 7.49. The molecule has 1 fully saturated rings. The summed E-state index contributed by atoms with van der Waals surface area (Å²) in [6, 6.07) is 3.88. The summed E-state index contributed by atoms with van der Waals surface area (Å²) in [4.78, 5) is 12.5. The van der Waals surface area contributed by atoms with Crippen LogP contribution in [-0.4, -0.2) is 49.0 Å². The number of aliphatic hydroxyl groups is 1. The van der Waals surface area contributed by atoms with Crippen LogP contribution in [0.3, 0.4) is 0 Å². The maximum Gasteiger partial charge on any atom is 0.280 e. The predicted molar refractivity (Wildman–Crippen MR) is 86.7 cm³/mol. The minimum absolute atomic E-state index is 0.189. The molecule has 0 aliphatic carbocycles. The number of carbonyl (C=O) groups is 1. The van der Waals surface area contributed by atoms with Gasteiger partial charge in [0.1, 0.15) is 11.9 Å². The van der Waals surface area contributed by atoms with Crippen LogP contribution in [0.2, 0.25) is 0 Å². The average Bonchev–Trinajstić information content (AvgIpc) is 2.50. The van der Waals surface area contributed by atoms with E-state index >= 15 is 0 Å². The van der Waals surface area contributed by atoms with E-state index < -0.39 is 39.6 Å². The molecule has 1 aliphatic heterocycles. The van der Waals surface area contributed by atoms with Gasteiger partial charge < -0.3 is 10.4 Å². The van der Waals surface area contributed by atoms with E-state index in [1.54, 1.807) is 13.8 Å². The van der Waals surface area contributed by atoms with Gasteiger partial charge in [-0.1, -0.05) is 12.1 Å². The normalized spacial score (nSPS) is 24.5. The number of aliphatic hydroxyl groups excluding tert-OH is 1. The standard InChI is InChI=1S/C15H22FN3O4S/c1-15(2,9-20)17-14(21)13-8-12(18-24(22,23)19(13)3)10-4-6-11(16)7-5-10/h4-7,12-13,18,20H,8-9H2,1-3H3,(H,17,21)/t12-,13+/m0/s1. The summed E-state index contributed by atoms with van der Waals surface area (Å²) in [5, 5.41) is 11.9. The summed E-state index contributed by atoms with van der Waals surface area (Å²) in [5.74, 6) is -0.915. The lowest BCUT2D eigenvalue weighted by molar-refractivity contribution is -0.127. The van der Waals surface area contributed by atoms with Gasteiger partial charge in [-0.2, -0.15) is 17.4 Å². The number of likely N-dealkylation sites (N-methyl/N-ethyl adjacent to an activating group) is 1. The van der Waals surface area contributed by atoms with Gasteiger partial charge in [-0.25, -0.2) is 4.39 Å². The highest BCUT2D eigenvalue weighted by molar-refractivity contribution is 7.87. The molecule has 9 heteroatoms. The number of amides is 1. The van der Waals surface area contributed by atoms with Crippen LogP contribution in [0, 0.1) is 5.82 Å². The minimum Gasteiger partial charge on any atom is -0.394 e. The van der Waals surface area contributed by atoms with Gasteiger partial charge in [0.25, 0.3) is 10.2 Å². The third-order valence-electron chi connectivity index (χ3n) is 4.00. The van der Waals surface area contributed by atoms with Crippen molar-refractivity contribution >= 4 is 16.1 Å². The van der Waals surface area contributed by atoms with E-state index in [4.69, 9.17) is 0 Å². The number of nitrogens with zero attached hydrogens (tertiary/aromatic N) is 1. The van der Waals surface area contributed by atoms with Crippen LogP contribution in [0.15, 0.2) is 24.3 Å². The number of rotatable bonds is 4. The van der Waals surface area contributed by atoms with Crippen molar-refractivity contribution in [1.82, 2.24) is 14.3 Å². The Labute approximate surface area is 141 Å². The van der Waals surface area contributed by atoms with Gasteiger partial charge in [-0.3, -0.25) is 4.79 Å². The third-order valence-corrected chi connectivity index (χ3v) is 5.60. The van der Waals surface area contributed by atoms with Crippen molar-refractivity contribution in [2.24, 2.45) is 0 Å². The predicted octanol–water partition coefficient (Wildman–Crippen LogP) is 0.292. The molecule has 2 atom stereocenters. The van der Waals surface area contributed by atoms with E-state index in [0.29, 0.717) is 5.56 Å². The molecule has 0 radical (unpaired) electrons. The average molecular weight is 359 g/mol. The molecule has 134 valence electrons. The molecule has 2 rings (SSSR count). The summed E-state index contributed by atoms with van der Waals surface area (Å²) in [7, 11) is -2.54. The van der Waals surface area contributed by atoms with Gasteiger partial charge in [0.2, 0.25) is 5.91 Å². The topological polar surface area (TPSA) is 98.7 Å². The fraction of sp³-hybridized carbons (Fsp3) is 0.533. The second kappa shape index (κ2) is 6.75. The van der Waals surface area contributed by atoms with Gasteiger partial charge in [0, 0.05) is 13.1 Å². The number of benzene rings is 1. The fourth-order valence-corrected chi connectivity index (χ4v) is 3.75. The van der Waals surface area contributed by atoms with E-state index in [-0.39, 0.29) is 13.0 Å². The zero-order valence-electron chi connectivity index (χ0n) is 13.8. The van der Waals surface area contributed by atoms with Crippen molar-refractivity contribution in [3.05, 3.63) is 35.6 Å². The highest BCUT2D eigenvalue weighted by Gasteiger charge is 2.41. The summed E-state index contributed by atoms with van der Waals surface area (Å²) in [6.45, 7) is 3.00. The molecule has 7 nitrogen and oxygen atoms in total. The molecule has 1 aromatic carbocycles. The Kier molecular flexibility index (Phi) is 5.28. The first-order chi connectivity index (χ1) is 11.1. The Bertz CT molecular complexity index is 706. The highest BCUT2D eigenvalue weighted by Crippen LogP contribution is 2.28. The van der Waals surface area contributed by atoms with Crippen LogP contribution in [0.1, 0.15) is 31.9 Å². The maximum atomic E-state index is 13.1. The molecule has 0 aromatic heterocycles. The van der Waals surface area contributed by atoms with Crippen molar-refractivity contribution in [2.45, 2.75) is 37.9 Å². The Morgan fingerprint density at radius 3 is 2.54 bits per heavy atom. The second-order valence-corrected chi connectivity index (χ2v) is 8.29. The SMILES string of the molecule is CN1[C@@H](C(=O)NC(C)(C)CO)C[C@@H](c2ccc(F)cc2)NS1(=O)=O. The summed E-state index contributed by atoms with van der Waals surface area (Å²) >= 11 is 0. The number of nitrogens with one attached hydrogen (secondary N) is 2. The molecule has 0 saturated carbocycles. The van der Waals surface area contributed by atoms with E-state index in [2.05, 4.69) is 10.0 Å². The molecule has 1 heterocycles. The second-order valence-electron chi connectivity index (χ2n) is 6.53. The highest BCUT2D eigenvalue weighted by atomic mass is 32.2. The molecule has 1 aliphatic rings. The Hall–Kier alpha value is -1.55. The van der Waals surface area contributed by atoms with E-state index in [0.717, 1.165) is 4.31 Å². The van der Waals surface area contributed by atoms with Crippen LogP contribution >= 0.6 is 0 Å². The molecule has 0 spiro atoms. The molecule has 1 aromatic rings. The summed E-state index contributed by atoms with van der Waals surface area (Å²) in [5.41, 5.74) is -0.287. The molecular formula is C15H22FN3O4S. The van der Waals surface area contributed by atoms with E-state index in [9.17, 15) is 22.7 Å². The quantitative estimate of drug-likeness (QED) is 0.720. The lowest BCUT2D eigenvalue weighted by Crippen LogP contribution is -2.60. The lowest BCUT2D eigenvalue weighted by Gasteiger charge is -2.37. The molecule has 0 unspecified atom stereocenters. The van der Waals surface area contributed by atoms with Crippen molar-refractivity contribution in [1.29, 1.82) is 0 Å². The smallest absolute Gasteiger partial charge is 0.280 e. The van der Waals surface area contributed by atoms with Crippen LogP contribution in [-0.2, 0) is 15.0 Å². The van der Waals surface area contributed by atoms with E-state index in [1.807, 2.05) is 0 Å². The minimum atomic E-state index is -3.86. The lowest BCUT2D eigenvalue weighted by atomic mass is 9.98. The van der Waals surface area contributed by atoms with Crippen molar-refractivity contribution in [2.75, 3.05) is 13.7 Å². The van der Waals surface area contributed by atoms with Crippen LogP contribution in [0.4, 0.5) is 4.39 Å². The van der Waals surface area contributed by atoms with Crippen molar-refractivity contribution < 1.29 is 22.7 Å². The van der Waals surface area contributed by atoms with Gasteiger partial charge in [0.15, 0.2) is 0 Å². The molecule has 3 N–H and O–H groups in total. The number of hydrogen-bond donors (Lipinski definition) is 3. The first-order valence-corrected chi connectivity index (χ1v) is 8.93. The molecule has 1 amide bonds. The number of carbonyl (C=O) groups excluding carboxylic acids is 1. The van der Waals surface area contributed by atoms with Gasteiger partial charge in [-0.15, -0.1) is 0 Å². The zero-order valence-corrected chi connectivity index (χ0v) is 14.6. The molecule has 0 bridgehead atoms. The number of halogens is 1. The summed E-state index contributed by atoms with van der Waals surface area (Å²) < 4.78 is 41.1. The van der Waals surface area contributed by atoms with Crippen LogP contribution in [0.5, 0.6) is 0 Å². The largest absolute Gasteiger partial charge is 0.394 e. The van der Waals surface area contributed by atoms with Gasteiger partial charge >= 0.3 is 0 Å². The summed E-state index contributed by atoms with van der Waals surface area (Å²) in [6.07, 6.45) is 0.189. The first kappa shape index (κ1) is 18.8. The van der Waals surface area contributed by atoms with Crippen molar-refractivity contribution in [3.8, 4) is 0 Å². The fourth-order valence-electron chi connectivity index (χ4n) is 2.48. The van der Waals surface area contributed by atoms with Crippen LogP contribution < -0.4 is 10.0 Å². The van der Waals surface area contributed by atoms with Crippen LogP contribution in [0.25, 0.3) is 0 Å². The Morgan fingerprint density at radius 2 is 2.00 bits per heavy atom. The van der Waals surface area contributed by atoms with Crippen molar-refractivity contribution in [3.63, 3.8) is 0 Å². The Morgan fingerprint density at radius 1 is 1.42 bits per heavy atom. The monoisotopic (exact) mass is 359 g/mol. The number of hydrogen-bond acceptors (Lipinski definition) is 4. The molecule has 1 saturated heterocycles. The van der Waals surface area contributed by atoms with Gasteiger partial charge in [0.05, 0.1) is 12.1 Å². The molecule has 24 heavy (non-hydrogen) atoms. The van der Waals surface area contributed by atoms with Gasteiger partial charge in [-0.05, 0) is 38.0 Å².